The lowest BCUT2D eigenvalue weighted by atomic mass is 9.69. The highest BCUT2D eigenvalue weighted by molar-refractivity contribution is 5.27. The summed E-state index contributed by atoms with van der Waals surface area (Å²) in [7, 11) is 4.13. The predicted octanol–water partition coefficient (Wildman–Crippen LogP) is 3.06. The molecule has 18 heavy (non-hydrogen) atoms. The molecule has 0 saturated heterocycles. The largest absolute Gasteiger partial charge is 0.389 e. The average Bonchev–Trinajstić information content (AvgIpc) is 2.29. The highest BCUT2D eigenvalue weighted by Gasteiger charge is 2.39. The normalized spacial score (nSPS) is 15.7. The predicted molar refractivity (Wildman–Crippen MR) is 77.9 cm³/mol. The molecule has 0 aliphatic carbocycles. The Hall–Kier alpha value is -0.860. The molecule has 1 aromatic carbocycles. The summed E-state index contributed by atoms with van der Waals surface area (Å²) in [6, 6.07) is 10.3. The van der Waals surface area contributed by atoms with Gasteiger partial charge in [0.1, 0.15) is 0 Å². The van der Waals surface area contributed by atoms with Crippen LogP contribution in [-0.2, 0) is 5.41 Å². The quantitative estimate of drug-likeness (QED) is 0.837. The average molecular weight is 249 g/mol. The van der Waals surface area contributed by atoms with Gasteiger partial charge in [-0.15, -0.1) is 0 Å². The second-order valence-corrected chi connectivity index (χ2v) is 6.17. The van der Waals surface area contributed by atoms with Gasteiger partial charge in [0, 0.05) is 5.41 Å². The van der Waals surface area contributed by atoms with E-state index in [2.05, 4.69) is 45.0 Å². The lowest BCUT2D eigenvalue weighted by molar-refractivity contribution is -0.0189. The second-order valence-electron chi connectivity index (χ2n) is 6.17. The third-order valence-corrected chi connectivity index (χ3v) is 4.11. The molecule has 0 aliphatic heterocycles. The van der Waals surface area contributed by atoms with Crippen molar-refractivity contribution >= 4 is 0 Å². The van der Waals surface area contributed by atoms with Crippen molar-refractivity contribution in [2.75, 3.05) is 20.6 Å². The Morgan fingerprint density at radius 3 is 2.11 bits per heavy atom. The van der Waals surface area contributed by atoms with Crippen LogP contribution in [0.3, 0.4) is 0 Å². The molecule has 1 N–H and O–H groups in total. The molecule has 0 aromatic heterocycles. The van der Waals surface area contributed by atoms with Gasteiger partial charge in [0.25, 0.3) is 0 Å². The molecular weight excluding hydrogens is 222 g/mol. The fourth-order valence-corrected chi connectivity index (χ4v) is 2.22. The van der Waals surface area contributed by atoms with Crippen molar-refractivity contribution in [3.8, 4) is 0 Å². The van der Waals surface area contributed by atoms with Crippen LogP contribution in [0.4, 0.5) is 0 Å². The van der Waals surface area contributed by atoms with Gasteiger partial charge in [-0.3, -0.25) is 0 Å². The van der Waals surface area contributed by atoms with Crippen molar-refractivity contribution < 1.29 is 5.11 Å². The number of nitrogens with zero attached hydrogens (tertiary/aromatic N) is 1. The van der Waals surface area contributed by atoms with Crippen molar-refractivity contribution in [2.24, 2.45) is 0 Å². The summed E-state index contributed by atoms with van der Waals surface area (Å²) in [6.45, 7) is 7.21. The molecule has 1 aromatic rings. The third-order valence-electron chi connectivity index (χ3n) is 4.11. The van der Waals surface area contributed by atoms with Gasteiger partial charge in [0.05, 0.1) is 5.60 Å². The molecule has 1 rings (SSSR count). The van der Waals surface area contributed by atoms with Crippen LogP contribution in [0.15, 0.2) is 30.3 Å². The molecule has 2 heteroatoms. The number of rotatable bonds is 6. The third kappa shape index (κ3) is 3.56. The maximum atomic E-state index is 10.8. The minimum absolute atomic E-state index is 0.236. The van der Waals surface area contributed by atoms with Crippen LogP contribution < -0.4 is 0 Å². The lowest BCUT2D eigenvalue weighted by Crippen LogP contribution is -2.45. The first-order chi connectivity index (χ1) is 8.27. The SMILES string of the molecule is CN(C)CCC[C@](C)(O)C(C)(C)c1ccccc1. The van der Waals surface area contributed by atoms with Gasteiger partial charge < -0.3 is 10.0 Å². The minimum Gasteiger partial charge on any atom is -0.389 e. The molecule has 1 atom stereocenters. The Kier molecular flexibility index (Phi) is 4.94. The lowest BCUT2D eigenvalue weighted by Gasteiger charge is -2.41. The first-order valence-corrected chi connectivity index (χ1v) is 6.70. The van der Waals surface area contributed by atoms with Crippen LogP contribution in [0.25, 0.3) is 0 Å². The van der Waals surface area contributed by atoms with E-state index >= 15 is 0 Å². The number of benzene rings is 1. The van der Waals surface area contributed by atoms with Crippen molar-refractivity contribution in [3.63, 3.8) is 0 Å². The van der Waals surface area contributed by atoms with E-state index in [9.17, 15) is 5.11 Å². The summed E-state index contributed by atoms with van der Waals surface area (Å²) in [5.74, 6) is 0. The molecule has 0 amide bonds. The monoisotopic (exact) mass is 249 g/mol. The van der Waals surface area contributed by atoms with E-state index in [0.717, 1.165) is 19.4 Å². The van der Waals surface area contributed by atoms with Gasteiger partial charge in [-0.05, 0) is 46.0 Å². The standard InChI is InChI=1S/C16H27NO/c1-15(2,14-10-7-6-8-11-14)16(3,18)12-9-13-17(4)5/h6-8,10-11,18H,9,12-13H2,1-5H3/t16-/m0/s1. The number of hydrogen-bond donors (Lipinski definition) is 1. The molecule has 0 heterocycles. The zero-order valence-corrected chi connectivity index (χ0v) is 12.4. The van der Waals surface area contributed by atoms with Crippen molar-refractivity contribution in [1.82, 2.24) is 4.90 Å². The van der Waals surface area contributed by atoms with Crippen LogP contribution >= 0.6 is 0 Å². The molecule has 102 valence electrons. The fraction of sp³-hybridized carbons (Fsp3) is 0.625. The van der Waals surface area contributed by atoms with Crippen LogP contribution in [0.2, 0.25) is 0 Å². The summed E-state index contributed by atoms with van der Waals surface area (Å²) < 4.78 is 0. The maximum Gasteiger partial charge on any atom is 0.0711 e. The van der Waals surface area contributed by atoms with E-state index in [4.69, 9.17) is 0 Å². The van der Waals surface area contributed by atoms with Crippen LogP contribution in [0.5, 0.6) is 0 Å². The van der Waals surface area contributed by atoms with Gasteiger partial charge in [0.2, 0.25) is 0 Å². The van der Waals surface area contributed by atoms with Crippen LogP contribution in [-0.4, -0.2) is 36.2 Å². The second kappa shape index (κ2) is 5.85. The van der Waals surface area contributed by atoms with E-state index < -0.39 is 5.60 Å². The smallest absolute Gasteiger partial charge is 0.0711 e. The molecular formula is C16H27NO. The molecule has 0 unspecified atom stereocenters. The molecule has 0 spiro atoms. The molecule has 0 radical (unpaired) electrons. The zero-order chi connectivity index (χ0) is 13.8. The van der Waals surface area contributed by atoms with Gasteiger partial charge >= 0.3 is 0 Å². The maximum absolute atomic E-state index is 10.8. The molecule has 0 aliphatic rings. The van der Waals surface area contributed by atoms with Crippen molar-refractivity contribution in [1.29, 1.82) is 0 Å². The Balaban J connectivity index is 2.76. The zero-order valence-electron chi connectivity index (χ0n) is 12.4. The molecule has 2 nitrogen and oxygen atoms in total. The topological polar surface area (TPSA) is 23.5 Å². The number of aliphatic hydroxyl groups is 1. The van der Waals surface area contributed by atoms with E-state index in [1.165, 1.54) is 5.56 Å². The first-order valence-electron chi connectivity index (χ1n) is 6.70. The summed E-state index contributed by atoms with van der Waals surface area (Å²) in [5.41, 5.74) is 0.269. The fourth-order valence-electron chi connectivity index (χ4n) is 2.22. The summed E-state index contributed by atoms with van der Waals surface area (Å²) in [6.07, 6.45) is 1.82. The van der Waals surface area contributed by atoms with E-state index in [1.807, 2.05) is 25.1 Å². The Bertz CT molecular complexity index is 355. The van der Waals surface area contributed by atoms with Gasteiger partial charge in [-0.1, -0.05) is 44.2 Å². The van der Waals surface area contributed by atoms with Crippen molar-refractivity contribution in [3.05, 3.63) is 35.9 Å². The number of hydrogen-bond acceptors (Lipinski definition) is 2. The van der Waals surface area contributed by atoms with E-state index in [1.54, 1.807) is 0 Å². The molecule has 0 saturated carbocycles. The van der Waals surface area contributed by atoms with Gasteiger partial charge in [-0.25, -0.2) is 0 Å². The minimum atomic E-state index is -0.690. The first kappa shape index (κ1) is 15.2. The van der Waals surface area contributed by atoms with Crippen LogP contribution in [0.1, 0.15) is 39.2 Å². The highest BCUT2D eigenvalue weighted by atomic mass is 16.3. The summed E-state index contributed by atoms with van der Waals surface area (Å²) in [4.78, 5) is 2.16. The highest BCUT2D eigenvalue weighted by Crippen LogP contribution is 2.37. The van der Waals surface area contributed by atoms with Gasteiger partial charge in [0.15, 0.2) is 0 Å². The Morgan fingerprint density at radius 1 is 1.06 bits per heavy atom. The van der Waals surface area contributed by atoms with Gasteiger partial charge in [-0.2, -0.15) is 0 Å². The Labute approximate surface area is 112 Å². The summed E-state index contributed by atoms with van der Waals surface area (Å²) >= 11 is 0. The van der Waals surface area contributed by atoms with Crippen LogP contribution in [0, 0.1) is 0 Å². The van der Waals surface area contributed by atoms with E-state index in [-0.39, 0.29) is 5.41 Å². The molecule has 0 bridgehead atoms. The Morgan fingerprint density at radius 2 is 1.61 bits per heavy atom. The van der Waals surface area contributed by atoms with Crippen molar-refractivity contribution in [2.45, 2.75) is 44.6 Å². The summed E-state index contributed by atoms with van der Waals surface area (Å²) in [5, 5.41) is 10.8. The molecule has 0 fully saturated rings. The van der Waals surface area contributed by atoms with E-state index in [0.29, 0.717) is 0 Å².